The van der Waals surface area contributed by atoms with Gasteiger partial charge in [0.05, 0.1) is 12.7 Å². The van der Waals surface area contributed by atoms with Crippen LogP contribution in [0, 0.1) is 0 Å². The second kappa shape index (κ2) is 3.02. The molecule has 1 fully saturated rings. The number of ether oxygens (including phenoxy) is 1. The van der Waals surface area contributed by atoms with E-state index in [-0.39, 0.29) is 13.0 Å². The van der Waals surface area contributed by atoms with Gasteiger partial charge in [-0.15, -0.1) is 0 Å². The number of halogens is 1. The summed E-state index contributed by atoms with van der Waals surface area (Å²) in [6.07, 6.45) is -2.42. The molecule has 0 saturated carbocycles. The molecule has 3 atom stereocenters. The lowest BCUT2D eigenvalue weighted by Crippen LogP contribution is -2.50. The summed E-state index contributed by atoms with van der Waals surface area (Å²) >= 11 is 0. The fourth-order valence-electron chi connectivity index (χ4n) is 0.966. The van der Waals surface area contributed by atoms with E-state index in [1.54, 1.807) is 0 Å². The Morgan fingerprint density at radius 2 is 2.09 bits per heavy atom. The molecule has 1 rings (SSSR count). The fraction of sp³-hybridized carbons (Fsp3) is 1.00. The molecule has 0 spiro atoms. The molecule has 1 saturated heterocycles. The highest BCUT2D eigenvalue weighted by Gasteiger charge is 2.39. The molecule has 0 bridgehead atoms. The van der Waals surface area contributed by atoms with E-state index in [9.17, 15) is 4.39 Å². The van der Waals surface area contributed by atoms with E-state index >= 15 is 0 Å². The minimum absolute atomic E-state index is 0.235. The van der Waals surface area contributed by atoms with Crippen LogP contribution in [0.3, 0.4) is 0 Å². The smallest absolute Gasteiger partial charge is 0.197 e. The maximum absolute atomic E-state index is 12.0. The van der Waals surface area contributed by atoms with Crippen LogP contribution in [0.15, 0.2) is 0 Å². The van der Waals surface area contributed by atoms with E-state index in [0.717, 1.165) is 0 Å². The lowest BCUT2D eigenvalue weighted by atomic mass is 10.0. The Labute approximate surface area is 63.2 Å². The van der Waals surface area contributed by atoms with Gasteiger partial charge in [0, 0.05) is 6.42 Å². The van der Waals surface area contributed by atoms with Crippen molar-refractivity contribution in [3.8, 4) is 0 Å². The first-order valence-corrected chi connectivity index (χ1v) is 3.36. The second-order valence-electron chi connectivity index (χ2n) is 2.73. The van der Waals surface area contributed by atoms with Gasteiger partial charge in [0.15, 0.2) is 5.79 Å². The molecule has 0 aromatic carbocycles. The first kappa shape index (κ1) is 8.86. The predicted molar refractivity (Wildman–Crippen MR) is 33.5 cm³/mol. The normalized spacial score (nSPS) is 45.8. The van der Waals surface area contributed by atoms with Crippen LogP contribution in [-0.2, 0) is 4.74 Å². The average Bonchev–Trinajstić information content (AvgIpc) is 1.98. The van der Waals surface area contributed by atoms with E-state index in [1.165, 1.54) is 0 Å². The second-order valence-corrected chi connectivity index (χ2v) is 2.73. The molecule has 3 N–H and O–H groups in total. The van der Waals surface area contributed by atoms with Crippen LogP contribution in [-0.4, -0.2) is 46.6 Å². The van der Waals surface area contributed by atoms with Crippen LogP contribution >= 0.6 is 0 Å². The molecule has 5 heteroatoms. The number of aliphatic hydroxyl groups excluding tert-OH is 2. The maximum atomic E-state index is 12.0. The summed E-state index contributed by atoms with van der Waals surface area (Å²) in [5.74, 6) is -1.90. The Hall–Kier alpha value is -0.230. The summed E-state index contributed by atoms with van der Waals surface area (Å²) in [7, 11) is 0. The highest BCUT2D eigenvalue weighted by atomic mass is 19.1. The molecule has 0 radical (unpaired) electrons. The number of hydrogen-bond acceptors (Lipinski definition) is 4. The van der Waals surface area contributed by atoms with Crippen molar-refractivity contribution in [2.75, 3.05) is 13.3 Å². The van der Waals surface area contributed by atoms with E-state index in [2.05, 4.69) is 4.74 Å². The van der Waals surface area contributed by atoms with E-state index in [0.29, 0.717) is 0 Å². The lowest BCUT2D eigenvalue weighted by molar-refractivity contribution is -0.274. The third-order valence-electron chi connectivity index (χ3n) is 1.70. The maximum Gasteiger partial charge on any atom is 0.197 e. The van der Waals surface area contributed by atoms with Crippen molar-refractivity contribution >= 4 is 0 Å². The van der Waals surface area contributed by atoms with E-state index < -0.39 is 24.7 Å². The fourth-order valence-corrected chi connectivity index (χ4v) is 0.966. The molecule has 1 heterocycles. The Morgan fingerprint density at radius 1 is 1.45 bits per heavy atom. The zero-order valence-electron chi connectivity index (χ0n) is 5.90. The first-order valence-electron chi connectivity index (χ1n) is 3.36. The standard InChI is InChI=1S/C6H11FO4/c7-3-6(10)1-4(8)5(9)2-11-6/h4-5,8-10H,1-3H2. The Morgan fingerprint density at radius 3 is 2.55 bits per heavy atom. The van der Waals surface area contributed by atoms with Crippen LogP contribution in [0.4, 0.5) is 4.39 Å². The zero-order valence-corrected chi connectivity index (χ0v) is 5.90. The van der Waals surface area contributed by atoms with Crippen molar-refractivity contribution in [3.05, 3.63) is 0 Å². The van der Waals surface area contributed by atoms with Gasteiger partial charge in [-0.2, -0.15) is 0 Å². The molecule has 1 aliphatic heterocycles. The van der Waals surface area contributed by atoms with Gasteiger partial charge >= 0.3 is 0 Å². The van der Waals surface area contributed by atoms with Crippen molar-refractivity contribution in [2.24, 2.45) is 0 Å². The van der Waals surface area contributed by atoms with Gasteiger partial charge in [-0.25, -0.2) is 4.39 Å². The van der Waals surface area contributed by atoms with Crippen molar-refractivity contribution in [2.45, 2.75) is 24.4 Å². The summed E-state index contributed by atoms with van der Waals surface area (Å²) in [6.45, 7) is -1.31. The van der Waals surface area contributed by atoms with Crippen LogP contribution < -0.4 is 0 Å². The molecule has 0 aliphatic carbocycles. The van der Waals surface area contributed by atoms with Crippen molar-refractivity contribution in [1.29, 1.82) is 0 Å². The van der Waals surface area contributed by atoms with Crippen LogP contribution in [0.2, 0.25) is 0 Å². The SMILES string of the molecule is OC1COC(O)(CF)CC1O. The Bertz CT molecular complexity index is 143. The van der Waals surface area contributed by atoms with E-state index in [1.807, 2.05) is 0 Å². The number of aliphatic hydroxyl groups is 3. The summed E-state index contributed by atoms with van der Waals surface area (Å²) in [5.41, 5.74) is 0. The van der Waals surface area contributed by atoms with Crippen molar-refractivity contribution < 1.29 is 24.4 Å². The largest absolute Gasteiger partial charge is 0.390 e. The average molecular weight is 166 g/mol. The van der Waals surface area contributed by atoms with Crippen LogP contribution in [0.5, 0.6) is 0 Å². The Balaban J connectivity index is 2.51. The number of hydrogen-bond donors (Lipinski definition) is 3. The summed E-state index contributed by atoms with van der Waals surface area (Å²) in [5, 5.41) is 27.0. The molecule has 0 aromatic heterocycles. The quantitative estimate of drug-likeness (QED) is 0.457. The minimum Gasteiger partial charge on any atom is -0.390 e. The molecule has 66 valence electrons. The molecule has 3 unspecified atom stereocenters. The van der Waals surface area contributed by atoms with Gasteiger partial charge in [-0.05, 0) is 0 Å². The molecular formula is C6H11FO4. The topological polar surface area (TPSA) is 69.9 Å². The summed E-state index contributed by atoms with van der Waals surface area (Å²) in [6, 6.07) is 0. The van der Waals surface area contributed by atoms with Gasteiger partial charge in [-0.1, -0.05) is 0 Å². The molecule has 0 amide bonds. The Kier molecular flexibility index (Phi) is 2.43. The van der Waals surface area contributed by atoms with Crippen LogP contribution in [0.1, 0.15) is 6.42 Å². The molecule has 0 aromatic rings. The van der Waals surface area contributed by atoms with Crippen LogP contribution in [0.25, 0.3) is 0 Å². The third kappa shape index (κ3) is 1.87. The summed E-state index contributed by atoms with van der Waals surface area (Å²) in [4.78, 5) is 0. The number of alkyl halides is 1. The molecule has 4 nitrogen and oxygen atoms in total. The number of rotatable bonds is 1. The monoisotopic (exact) mass is 166 g/mol. The third-order valence-corrected chi connectivity index (χ3v) is 1.70. The van der Waals surface area contributed by atoms with Crippen molar-refractivity contribution in [1.82, 2.24) is 0 Å². The van der Waals surface area contributed by atoms with Gasteiger partial charge in [0.1, 0.15) is 12.8 Å². The van der Waals surface area contributed by atoms with Gasteiger partial charge in [0.25, 0.3) is 0 Å². The lowest BCUT2D eigenvalue weighted by Gasteiger charge is -2.35. The van der Waals surface area contributed by atoms with E-state index in [4.69, 9.17) is 15.3 Å². The molecule has 11 heavy (non-hydrogen) atoms. The summed E-state index contributed by atoms with van der Waals surface area (Å²) < 4.78 is 16.6. The highest BCUT2D eigenvalue weighted by molar-refractivity contribution is 4.81. The van der Waals surface area contributed by atoms with Gasteiger partial charge in [-0.3, -0.25) is 0 Å². The first-order chi connectivity index (χ1) is 5.07. The zero-order chi connectivity index (χ0) is 8.48. The van der Waals surface area contributed by atoms with Gasteiger partial charge < -0.3 is 20.1 Å². The molecule has 1 aliphatic rings. The predicted octanol–water partition coefficient (Wildman–Crippen LogP) is -1.21. The molecular weight excluding hydrogens is 155 g/mol. The highest BCUT2D eigenvalue weighted by Crippen LogP contribution is 2.23. The van der Waals surface area contributed by atoms with Gasteiger partial charge in [0.2, 0.25) is 0 Å². The minimum atomic E-state index is -1.90. The van der Waals surface area contributed by atoms with Crippen molar-refractivity contribution in [3.63, 3.8) is 0 Å².